The number of likely N-dealkylation sites (tertiary alicyclic amines) is 1. The standard InChI is InChI=1S/C15H30N2/c1-13(17-11-7-10-15(17,2)3)12-16-14-8-5-4-6-9-14/h13-14,16H,4-12H2,1-3H3. The van der Waals surface area contributed by atoms with Gasteiger partial charge >= 0.3 is 0 Å². The summed E-state index contributed by atoms with van der Waals surface area (Å²) in [5.41, 5.74) is 0.424. The quantitative estimate of drug-likeness (QED) is 0.809. The minimum absolute atomic E-state index is 0.424. The van der Waals surface area contributed by atoms with Crippen LogP contribution in [0.15, 0.2) is 0 Å². The monoisotopic (exact) mass is 238 g/mol. The summed E-state index contributed by atoms with van der Waals surface area (Å²) in [5.74, 6) is 0. The van der Waals surface area contributed by atoms with Crippen molar-refractivity contribution in [1.82, 2.24) is 10.2 Å². The molecule has 2 aliphatic rings. The summed E-state index contributed by atoms with van der Waals surface area (Å²) in [7, 11) is 0. The number of nitrogens with one attached hydrogen (secondary N) is 1. The summed E-state index contributed by atoms with van der Waals surface area (Å²) in [5, 5.41) is 3.79. The molecule has 2 nitrogen and oxygen atoms in total. The van der Waals surface area contributed by atoms with Gasteiger partial charge in [-0.3, -0.25) is 4.90 Å². The predicted molar refractivity (Wildman–Crippen MR) is 74.4 cm³/mol. The second-order valence-corrected chi connectivity index (χ2v) is 6.70. The zero-order valence-corrected chi connectivity index (χ0v) is 12.0. The van der Waals surface area contributed by atoms with E-state index in [4.69, 9.17) is 0 Å². The summed E-state index contributed by atoms with van der Waals surface area (Å²) in [6.45, 7) is 9.66. The van der Waals surface area contributed by atoms with Crippen LogP contribution >= 0.6 is 0 Å². The van der Waals surface area contributed by atoms with Crippen molar-refractivity contribution in [3.63, 3.8) is 0 Å². The topological polar surface area (TPSA) is 15.3 Å². The lowest BCUT2D eigenvalue weighted by molar-refractivity contribution is 0.120. The average Bonchev–Trinajstić information content (AvgIpc) is 2.67. The molecular weight excluding hydrogens is 208 g/mol. The van der Waals surface area contributed by atoms with Gasteiger partial charge in [-0.1, -0.05) is 19.3 Å². The molecule has 2 heteroatoms. The Balaban J connectivity index is 1.74. The highest BCUT2D eigenvalue weighted by molar-refractivity contribution is 4.91. The molecule has 1 N–H and O–H groups in total. The number of hydrogen-bond donors (Lipinski definition) is 1. The van der Waals surface area contributed by atoms with Crippen molar-refractivity contribution in [2.45, 2.75) is 83.3 Å². The molecule has 1 aliphatic carbocycles. The van der Waals surface area contributed by atoms with Crippen LogP contribution in [0.1, 0.15) is 65.7 Å². The van der Waals surface area contributed by atoms with Gasteiger partial charge < -0.3 is 5.32 Å². The van der Waals surface area contributed by atoms with Crippen LogP contribution in [0, 0.1) is 0 Å². The second kappa shape index (κ2) is 5.71. The average molecular weight is 238 g/mol. The Kier molecular flexibility index (Phi) is 4.48. The molecule has 2 rings (SSSR count). The molecule has 0 aromatic heterocycles. The van der Waals surface area contributed by atoms with Gasteiger partial charge in [0.15, 0.2) is 0 Å². The van der Waals surface area contributed by atoms with E-state index in [1.165, 1.54) is 58.0 Å². The minimum Gasteiger partial charge on any atom is -0.312 e. The summed E-state index contributed by atoms with van der Waals surface area (Å²) in [4.78, 5) is 2.70. The molecule has 0 radical (unpaired) electrons. The van der Waals surface area contributed by atoms with Crippen molar-refractivity contribution in [1.29, 1.82) is 0 Å². The zero-order valence-electron chi connectivity index (χ0n) is 12.0. The molecule has 1 atom stereocenters. The van der Waals surface area contributed by atoms with Gasteiger partial charge in [0.2, 0.25) is 0 Å². The number of nitrogens with zero attached hydrogens (tertiary/aromatic N) is 1. The third-order valence-electron chi connectivity index (χ3n) is 4.80. The highest BCUT2D eigenvalue weighted by atomic mass is 15.2. The lowest BCUT2D eigenvalue weighted by atomic mass is 9.95. The van der Waals surface area contributed by atoms with E-state index in [0.717, 1.165) is 6.04 Å². The van der Waals surface area contributed by atoms with Crippen molar-refractivity contribution in [2.24, 2.45) is 0 Å². The molecule has 1 saturated carbocycles. The number of hydrogen-bond acceptors (Lipinski definition) is 2. The molecule has 0 bridgehead atoms. The van der Waals surface area contributed by atoms with Gasteiger partial charge in [-0.05, 0) is 53.0 Å². The van der Waals surface area contributed by atoms with Crippen molar-refractivity contribution >= 4 is 0 Å². The predicted octanol–water partition coefficient (Wildman–Crippen LogP) is 3.17. The molecule has 0 spiro atoms. The molecule has 100 valence electrons. The van der Waals surface area contributed by atoms with Crippen LogP contribution < -0.4 is 5.32 Å². The lowest BCUT2D eigenvalue weighted by Gasteiger charge is -2.37. The van der Waals surface area contributed by atoms with Gasteiger partial charge in [0.05, 0.1) is 0 Å². The third kappa shape index (κ3) is 3.45. The first-order chi connectivity index (χ1) is 8.09. The molecule has 0 aromatic rings. The van der Waals surface area contributed by atoms with Crippen molar-refractivity contribution in [3.8, 4) is 0 Å². The van der Waals surface area contributed by atoms with Gasteiger partial charge in [-0.15, -0.1) is 0 Å². The van der Waals surface area contributed by atoms with E-state index in [0.29, 0.717) is 11.6 Å². The van der Waals surface area contributed by atoms with Gasteiger partial charge in [-0.25, -0.2) is 0 Å². The van der Waals surface area contributed by atoms with Crippen LogP contribution in [0.2, 0.25) is 0 Å². The molecule has 1 unspecified atom stereocenters. The normalized spacial score (nSPS) is 28.4. The Labute approximate surface area is 107 Å². The van der Waals surface area contributed by atoms with Crippen LogP contribution in [-0.2, 0) is 0 Å². The van der Waals surface area contributed by atoms with E-state index in [2.05, 4.69) is 31.0 Å². The Hall–Kier alpha value is -0.0800. The van der Waals surface area contributed by atoms with Crippen molar-refractivity contribution in [2.75, 3.05) is 13.1 Å². The van der Waals surface area contributed by atoms with E-state index in [1.54, 1.807) is 0 Å². The first kappa shape index (κ1) is 13.4. The molecule has 2 fully saturated rings. The molecule has 1 saturated heterocycles. The summed E-state index contributed by atoms with van der Waals surface area (Å²) in [6.07, 6.45) is 9.85. The Morgan fingerprint density at radius 3 is 2.47 bits per heavy atom. The third-order valence-corrected chi connectivity index (χ3v) is 4.80. The van der Waals surface area contributed by atoms with E-state index in [1.807, 2.05) is 0 Å². The fourth-order valence-electron chi connectivity index (χ4n) is 3.70. The maximum Gasteiger partial charge on any atom is 0.0197 e. The minimum atomic E-state index is 0.424. The largest absolute Gasteiger partial charge is 0.312 e. The smallest absolute Gasteiger partial charge is 0.0197 e. The maximum absolute atomic E-state index is 3.79. The van der Waals surface area contributed by atoms with E-state index < -0.39 is 0 Å². The fourth-order valence-corrected chi connectivity index (χ4v) is 3.70. The molecule has 0 aromatic carbocycles. The Morgan fingerprint density at radius 2 is 1.88 bits per heavy atom. The molecule has 17 heavy (non-hydrogen) atoms. The first-order valence-corrected chi connectivity index (χ1v) is 7.60. The summed E-state index contributed by atoms with van der Waals surface area (Å²) < 4.78 is 0. The van der Waals surface area contributed by atoms with Gasteiger partial charge in [0, 0.05) is 24.2 Å². The van der Waals surface area contributed by atoms with Crippen molar-refractivity contribution in [3.05, 3.63) is 0 Å². The fraction of sp³-hybridized carbons (Fsp3) is 1.00. The van der Waals surface area contributed by atoms with Crippen LogP contribution in [0.4, 0.5) is 0 Å². The van der Waals surface area contributed by atoms with Crippen LogP contribution in [0.5, 0.6) is 0 Å². The highest BCUT2D eigenvalue weighted by Crippen LogP contribution is 2.30. The molecule has 1 aliphatic heterocycles. The molecular formula is C15H30N2. The molecule has 1 heterocycles. The second-order valence-electron chi connectivity index (χ2n) is 6.70. The Morgan fingerprint density at radius 1 is 1.18 bits per heavy atom. The van der Waals surface area contributed by atoms with E-state index in [-0.39, 0.29) is 0 Å². The lowest BCUT2D eigenvalue weighted by Crippen LogP contribution is -2.49. The van der Waals surface area contributed by atoms with Gasteiger partial charge in [0.1, 0.15) is 0 Å². The summed E-state index contributed by atoms with van der Waals surface area (Å²) in [6, 6.07) is 1.49. The SMILES string of the molecule is CC(CNC1CCCCC1)N1CCCC1(C)C. The van der Waals surface area contributed by atoms with Gasteiger partial charge in [-0.2, -0.15) is 0 Å². The van der Waals surface area contributed by atoms with E-state index >= 15 is 0 Å². The highest BCUT2D eigenvalue weighted by Gasteiger charge is 2.34. The maximum atomic E-state index is 3.79. The van der Waals surface area contributed by atoms with E-state index in [9.17, 15) is 0 Å². The first-order valence-electron chi connectivity index (χ1n) is 7.60. The number of rotatable bonds is 4. The van der Waals surface area contributed by atoms with Crippen LogP contribution in [0.25, 0.3) is 0 Å². The zero-order chi connectivity index (χ0) is 12.3. The van der Waals surface area contributed by atoms with Crippen LogP contribution in [0.3, 0.4) is 0 Å². The summed E-state index contributed by atoms with van der Waals surface area (Å²) >= 11 is 0. The van der Waals surface area contributed by atoms with Crippen LogP contribution in [-0.4, -0.2) is 35.6 Å². The Bertz CT molecular complexity index is 231. The van der Waals surface area contributed by atoms with Gasteiger partial charge in [0.25, 0.3) is 0 Å². The van der Waals surface area contributed by atoms with Crippen molar-refractivity contribution < 1.29 is 0 Å². The molecule has 0 amide bonds.